The fourth-order valence-corrected chi connectivity index (χ4v) is 8.28. The predicted molar refractivity (Wildman–Crippen MR) is 193 cm³/mol. The average molecular weight is 762 g/mol. The van der Waals surface area contributed by atoms with Gasteiger partial charge in [0.15, 0.2) is 5.78 Å². The highest BCUT2D eigenvalue weighted by Gasteiger charge is 2.62. The number of hydrogen-bond acceptors (Lipinski definition) is 11. The van der Waals surface area contributed by atoms with E-state index in [2.05, 4.69) is 4.98 Å². The Morgan fingerprint density at radius 1 is 1.09 bits per heavy atom. The lowest BCUT2D eigenvalue weighted by atomic mass is 9.77. The molecule has 5 rings (SSSR count). The van der Waals surface area contributed by atoms with Gasteiger partial charge in [0.05, 0.1) is 49.7 Å². The van der Waals surface area contributed by atoms with E-state index in [1.807, 2.05) is 31.6 Å². The lowest BCUT2D eigenvalue weighted by molar-refractivity contribution is -0.161. The number of likely N-dealkylation sites (tertiary alicyclic amines) is 1. The van der Waals surface area contributed by atoms with E-state index < -0.39 is 93.0 Å². The van der Waals surface area contributed by atoms with Crippen LogP contribution in [0.1, 0.15) is 93.4 Å². The molecule has 0 unspecified atom stereocenters. The van der Waals surface area contributed by atoms with Crippen molar-refractivity contribution in [2.75, 3.05) is 20.3 Å². The van der Waals surface area contributed by atoms with Crippen LogP contribution in [-0.4, -0.2) is 85.5 Å². The van der Waals surface area contributed by atoms with Crippen LogP contribution in [0.4, 0.5) is 4.39 Å². The average Bonchev–Trinajstić information content (AvgIpc) is 3.89. The summed E-state index contributed by atoms with van der Waals surface area (Å²) < 4.78 is 63.6. The largest absolute Gasteiger partial charge is 0.497 e. The van der Waals surface area contributed by atoms with E-state index in [9.17, 15) is 32.0 Å². The van der Waals surface area contributed by atoms with Crippen molar-refractivity contribution in [3.8, 4) is 11.6 Å². The topological polar surface area (TPSA) is 167 Å². The molecular formula is C38H52FN3O10S. The van der Waals surface area contributed by atoms with E-state index >= 15 is 0 Å². The zero-order valence-corrected chi connectivity index (χ0v) is 32.6. The van der Waals surface area contributed by atoms with Crippen molar-refractivity contribution in [2.24, 2.45) is 22.7 Å². The first-order chi connectivity index (χ1) is 24.6. The number of methoxy groups -OCH3 is 1. The molecule has 2 heterocycles. The van der Waals surface area contributed by atoms with Crippen LogP contribution < -0.4 is 14.2 Å². The van der Waals surface area contributed by atoms with Gasteiger partial charge in [-0.25, -0.2) is 13.9 Å². The van der Waals surface area contributed by atoms with Gasteiger partial charge in [-0.15, -0.1) is 0 Å². The minimum absolute atomic E-state index is 0.0295. The molecule has 1 saturated heterocycles. The Morgan fingerprint density at radius 3 is 2.40 bits per heavy atom. The molecule has 2 aliphatic carbocycles. The number of halogens is 1. The highest BCUT2D eigenvalue weighted by molar-refractivity contribution is 7.85. The van der Waals surface area contributed by atoms with Gasteiger partial charge in [0.25, 0.3) is 0 Å². The highest BCUT2D eigenvalue weighted by atomic mass is 32.2. The van der Waals surface area contributed by atoms with Crippen LogP contribution in [0.25, 0.3) is 10.8 Å². The monoisotopic (exact) mass is 761 g/mol. The van der Waals surface area contributed by atoms with Crippen molar-refractivity contribution in [3.05, 3.63) is 30.5 Å². The van der Waals surface area contributed by atoms with Gasteiger partial charge in [-0.3, -0.25) is 23.6 Å². The van der Waals surface area contributed by atoms with Crippen LogP contribution in [0.15, 0.2) is 30.5 Å². The molecule has 292 valence electrons. The van der Waals surface area contributed by atoms with E-state index in [1.165, 1.54) is 4.90 Å². The van der Waals surface area contributed by atoms with E-state index in [-0.39, 0.29) is 38.1 Å². The number of rotatable bonds is 15. The molecule has 15 heteroatoms. The summed E-state index contributed by atoms with van der Waals surface area (Å²) in [5.41, 5.74) is -3.92. The van der Waals surface area contributed by atoms with Crippen LogP contribution in [0.5, 0.6) is 11.6 Å². The van der Waals surface area contributed by atoms with Crippen molar-refractivity contribution in [1.82, 2.24) is 14.6 Å². The first kappa shape index (κ1) is 40.3. The minimum Gasteiger partial charge on any atom is -0.497 e. The number of carbonyl (C=O) groups is 4. The Kier molecular flexibility index (Phi) is 11.2. The first-order valence-corrected chi connectivity index (χ1v) is 19.5. The summed E-state index contributed by atoms with van der Waals surface area (Å²) in [6.45, 7) is 11.5. The number of fused-ring (bicyclic) bond motifs is 1. The smallest absolute Gasteiger partial charge is 0.362 e. The fourth-order valence-electron chi connectivity index (χ4n) is 7.11. The molecular weight excluding hydrogens is 709 g/mol. The van der Waals surface area contributed by atoms with E-state index in [1.54, 1.807) is 59.2 Å². The molecule has 0 bridgehead atoms. The van der Waals surface area contributed by atoms with Crippen LogP contribution in [0.2, 0.25) is 0 Å². The summed E-state index contributed by atoms with van der Waals surface area (Å²) in [6, 6.07) is 6.10. The van der Waals surface area contributed by atoms with Crippen molar-refractivity contribution < 1.29 is 50.4 Å². The molecule has 53 heavy (non-hydrogen) atoms. The summed E-state index contributed by atoms with van der Waals surface area (Å²) in [5, 5.41) is 1.48. The SMILES string of the molecule is COc1ccc2c(O[C@@H]3C[C@@H](C(=O)C[C@]4(C(=O)NS(=O)(=O)OC5(C)CC5)C[C@H]4CCF)N(C(=O)[C@@H](CC(=O)OC(C)(C)C)C(C)(C)C)C3)nccc2c1. The number of alkyl halides is 1. The molecule has 1 aliphatic heterocycles. The normalized spacial score (nSPS) is 24.3. The van der Waals surface area contributed by atoms with Crippen LogP contribution in [0, 0.1) is 22.7 Å². The lowest BCUT2D eigenvalue weighted by Gasteiger charge is -2.35. The minimum atomic E-state index is -4.50. The van der Waals surface area contributed by atoms with Gasteiger partial charge in [-0.1, -0.05) is 20.8 Å². The second-order valence-corrected chi connectivity index (χ2v) is 18.3. The second-order valence-electron chi connectivity index (χ2n) is 17.0. The lowest BCUT2D eigenvalue weighted by Crippen LogP contribution is -2.49. The Morgan fingerprint density at radius 2 is 1.79 bits per heavy atom. The zero-order valence-electron chi connectivity index (χ0n) is 31.8. The standard InChI is InChI=1S/C38H52FN3O10S/c1-35(2,3)28(19-31(44)51-36(4,5)6)33(45)42-22-26(50-32-27-10-9-25(49-8)17-23(27)12-16-40-32)18-29(42)30(43)21-38(20-24(38)11-15-39)34(46)41-53(47,48)52-37(7)13-14-37/h9-10,12,16-17,24,26,28-29H,11,13-15,18-22H2,1-8H3,(H,41,46)/t24-,26-,28-,29+,38-/m1/s1. The van der Waals surface area contributed by atoms with Gasteiger partial charge in [-0.2, -0.15) is 8.42 Å². The van der Waals surface area contributed by atoms with E-state index in [0.717, 1.165) is 5.39 Å². The van der Waals surface area contributed by atoms with Gasteiger partial charge < -0.3 is 19.1 Å². The number of pyridine rings is 1. The zero-order chi connectivity index (χ0) is 39.1. The van der Waals surface area contributed by atoms with E-state index in [4.69, 9.17) is 18.4 Å². The third-order valence-electron chi connectivity index (χ3n) is 10.4. The summed E-state index contributed by atoms with van der Waals surface area (Å²) >= 11 is 0. The molecule has 2 saturated carbocycles. The third kappa shape index (κ3) is 9.64. The molecule has 0 spiro atoms. The summed E-state index contributed by atoms with van der Waals surface area (Å²) in [5.74, 6) is -3.04. The fraction of sp³-hybridized carbons (Fsp3) is 0.658. The number of benzene rings is 1. The molecule has 1 aromatic heterocycles. The maximum atomic E-state index is 14.6. The van der Waals surface area contributed by atoms with Gasteiger partial charge >= 0.3 is 16.3 Å². The van der Waals surface area contributed by atoms with Gasteiger partial charge in [0.1, 0.15) is 17.5 Å². The number of hydrogen-bond donors (Lipinski definition) is 1. The van der Waals surface area contributed by atoms with Gasteiger partial charge in [0.2, 0.25) is 17.7 Å². The molecule has 3 aliphatic rings. The Labute approximate surface area is 310 Å². The summed E-state index contributed by atoms with van der Waals surface area (Å²) in [7, 11) is -2.94. The molecule has 2 aromatic rings. The number of esters is 1. The van der Waals surface area contributed by atoms with Crippen LogP contribution in [0.3, 0.4) is 0 Å². The number of carbonyl (C=O) groups excluding carboxylic acids is 4. The molecule has 2 amide bonds. The molecule has 0 radical (unpaired) electrons. The Balaban J connectivity index is 1.44. The van der Waals surface area contributed by atoms with Gasteiger partial charge in [-0.05, 0) is 94.4 Å². The number of ketones is 1. The molecule has 1 N–H and O–H groups in total. The van der Waals surface area contributed by atoms with Crippen LogP contribution >= 0.6 is 0 Å². The maximum Gasteiger partial charge on any atom is 0.362 e. The number of ether oxygens (including phenoxy) is 3. The molecule has 13 nitrogen and oxygen atoms in total. The highest BCUT2D eigenvalue weighted by Crippen LogP contribution is 2.58. The molecule has 3 fully saturated rings. The number of nitrogens with zero attached hydrogens (tertiary/aromatic N) is 2. The first-order valence-electron chi connectivity index (χ1n) is 18.1. The van der Waals surface area contributed by atoms with Crippen molar-refractivity contribution in [2.45, 2.75) is 117 Å². The number of aromatic nitrogens is 1. The maximum absolute atomic E-state index is 14.6. The predicted octanol–water partition coefficient (Wildman–Crippen LogP) is 5.24. The van der Waals surface area contributed by atoms with Crippen LogP contribution in [-0.2, 0) is 38.4 Å². The Bertz CT molecular complexity index is 1850. The quantitative estimate of drug-likeness (QED) is 0.236. The number of nitrogens with one attached hydrogen (secondary N) is 1. The third-order valence-corrected chi connectivity index (χ3v) is 11.4. The summed E-state index contributed by atoms with van der Waals surface area (Å²) in [6.07, 6.45) is 1.30. The second kappa shape index (κ2) is 14.8. The van der Waals surface area contributed by atoms with Crippen molar-refractivity contribution in [1.29, 1.82) is 0 Å². The molecule has 1 aromatic carbocycles. The number of amides is 2. The van der Waals surface area contributed by atoms with Crippen molar-refractivity contribution >= 4 is 44.6 Å². The van der Waals surface area contributed by atoms with E-state index in [0.29, 0.717) is 24.0 Å². The molecule has 5 atom stereocenters. The van der Waals surface area contributed by atoms with Gasteiger partial charge in [0, 0.05) is 24.4 Å². The van der Waals surface area contributed by atoms with Crippen molar-refractivity contribution in [3.63, 3.8) is 0 Å². The number of Topliss-reactive ketones (excluding diaryl/α,β-unsaturated/α-hetero) is 1. The Hall–Kier alpha value is -3.85. The summed E-state index contributed by atoms with van der Waals surface area (Å²) in [4.78, 5) is 61.5.